The lowest BCUT2D eigenvalue weighted by atomic mass is 9.95. The van der Waals surface area contributed by atoms with Crippen LogP contribution in [0.3, 0.4) is 0 Å². The summed E-state index contributed by atoms with van der Waals surface area (Å²) in [5.41, 5.74) is 9.07. The first-order chi connectivity index (χ1) is 28.2. The van der Waals surface area contributed by atoms with E-state index in [1.807, 2.05) is 129 Å². The molecule has 0 fully saturated rings. The van der Waals surface area contributed by atoms with E-state index in [4.69, 9.17) is 0 Å². The van der Waals surface area contributed by atoms with Crippen molar-refractivity contribution in [3.8, 4) is 17.2 Å². The van der Waals surface area contributed by atoms with E-state index in [9.17, 15) is 20.5 Å². The number of nitrogens with zero attached hydrogens (tertiary/aromatic N) is 3. The number of allylic oxidation sites excluding steroid dienone is 6. The van der Waals surface area contributed by atoms with Crippen molar-refractivity contribution in [2.45, 2.75) is 46.2 Å². The zero-order valence-electron chi connectivity index (χ0n) is 33.0. The van der Waals surface area contributed by atoms with Crippen molar-refractivity contribution in [2.24, 2.45) is 0 Å². The second-order valence-electron chi connectivity index (χ2n) is 13.9. The van der Waals surface area contributed by atoms with E-state index in [2.05, 4.69) is 45.5 Å². The Hall–Kier alpha value is -7.01. The Bertz CT molecular complexity index is 2590. The molecule has 3 heterocycles. The van der Waals surface area contributed by atoms with Gasteiger partial charge in [0.25, 0.3) is 0 Å². The molecule has 2 unspecified atom stereocenters. The Morgan fingerprint density at radius 3 is 1.84 bits per heavy atom. The molecule has 0 aliphatic heterocycles. The Balaban J connectivity index is 0.000000196. The van der Waals surface area contributed by atoms with Gasteiger partial charge < -0.3 is 26.0 Å². The SMILES string of the molecule is CC/C(C)=C/C=C\C=C(/C)NC(c1ccccc1O)c1ccc2cccnc2c1O.Cc1cccnc1NC(c1ccc([NH2+]O)cc1)c1ccc2cccnc2c1O. The minimum Gasteiger partial charge on any atom is -0.508 e. The van der Waals surface area contributed by atoms with Gasteiger partial charge in [-0.15, -0.1) is 0 Å². The van der Waals surface area contributed by atoms with Gasteiger partial charge in [0.2, 0.25) is 0 Å². The van der Waals surface area contributed by atoms with E-state index < -0.39 is 6.04 Å². The lowest BCUT2D eigenvalue weighted by Crippen LogP contribution is -2.73. The van der Waals surface area contributed by atoms with Crippen molar-refractivity contribution in [3.05, 3.63) is 191 Å². The molecule has 10 nitrogen and oxygen atoms in total. The molecule has 294 valence electrons. The fourth-order valence-corrected chi connectivity index (χ4v) is 6.51. The number of pyridine rings is 3. The topological polar surface area (TPSA) is 160 Å². The number of para-hydroxylation sites is 1. The number of fused-ring (bicyclic) bond motifs is 2. The number of hydrogen-bond donors (Lipinski definition) is 7. The van der Waals surface area contributed by atoms with Crippen molar-refractivity contribution in [3.63, 3.8) is 0 Å². The number of benzene rings is 4. The monoisotopic (exact) mass is 773 g/mol. The summed E-state index contributed by atoms with van der Waals surface area (Å²) in [5.74, 6) is 1.16. The summed E-state index contributed by atoms with van der Waals surface area (Å²) in [4.78, 5) is 13.1. The smallest absolute Gasteiger partial charge is 0.161 e. The molecular weight excluding hydrogens is 725 g/mol. The molecule has 7 aromatic rings. The van der Waals surface area contributed by atoms with E-state index in [1.165, 1.54) is 5.57 Å². The second-order valence-corrected chi connectivity index (χ2v) is 13.9. The van der Waals surface area contributed by atoms with Crippen LogP contribution in [-0.4, -0.2) is 35.5 Å². The van der Waals surface area contributed by atoms with Gasteiger partial charge in [-0.3, -0.25) is 9.97 Å². The molecule has 2 atom stereocenters. The number of aromatic nitrogens is 3. The fraction of sp³-hybridized carbons (Fsp3) is 0.146. The molecular formula is C48H49N6O4+. The van der Waals surface area contributed by atoms with Gasteiger partial charge in [0.05, 0.1) is 12.1 Å². The number of nitrogens with two attached hydrogens (primary N) is 1. The van der Waals surface area contributed by atoms with Crippen LogP contribution in [0.25, 0.3) is 21.8 Å². The Morgan fingerprint density at radius 1 is 0.655 bits per heavy atom. The minimum absolute atomic E-state index is 0.110. The predicted octanol–water partition coefficient (Wildman–Crippen LogP) is 9.57. The highest BCUT2D eigenvalue weighted by Gasteiger charge is 2.23. The van der Waals surface area contributed by atoms with Gasteiger partial charge in [0.15, 0.2) is 5.69 Å². The van der Waals surface area contributed by atoms with Gasteiger partial charge in [-0.05, 0) is 68.7 Å². The molecule has 0 bridgehead atoms. The van der Waals surface area contributed by atoms with Gasteiger partial charge in [-0.1, -0.05) is 104 Å². The number of hydrogen-bond acceptors (Lipinski definition) is 9. The van der Waals surface area contributed by atoms with Crippen molar-refractivity contribution >= 4 is 33.3 Å². The third-order valence-corrected chi connectivity index (χ3v) is 9.91. The highest BCUT2D eigenvalue weighted by Crippen LogP contribution is 2.39. The largest absolute Gasteiger partial charge is 0.508 e. The van der Waals surface area contributed by atoms with Crippen molar-refractivity contribution in [2.75, 3.05) is 5.32 Å². The average molecular weight is 774 g/mol. The van der Waals surface area contributed by atoms with Crippen LogP contribution < -0.4 is 16.1 Å². The standard InChI is InChI=1S/C26H28N2O2.C22H20N4O2/c1-4-18(2)10-5-6-11-19(3)28-25(21-13-7-8-14-23(21)29)22-16-15-20-12-9-17-27-24(20)26(22)30;1-14-4-2-13-24-22(14)25-19(16-6-9-17(26-28)10-7-16)18-11-8-15-5-3-12-23-20(15)21(18)27/h5-17,25,28-30H,4H2,1-3H3;2-13,19,26-28H,1H3,(H,24,25)/p+1/b6-5-,18-10+,19-11+;. The maximum Gasteiger partial charge on any atom is 0.161 e. The van der Waals surface area contributed by atoms with E-state index >= 15 is 0 Å². The van der Waals surface area contributed by atoms with Gasteiger partial charge in [-0.25, -0.2) is 10.2 Å². The Kier molecular flexibility index (Phi) is 13.5. The molecule has 7 rings (SSSR count). The molecule has 0 saturated heterocycles. The van der Waals surface area contributed by atoms with Crippen molar-refractivity contribution in [1.29, 1.82) is 0 Å². The third kappa shape index (κ3) is 9.67. The summed E-state index contributed by atoms with van der Waals surface area (Å²) in [6.07, 6.45) is 14.1. The van der Waals surface area contributed by atoms with E-state index in [1.54, 1.807) is 30.7 Å². The molecule has 58 heavy (non-hydrogen) atoms. The molecule has 8 N–H and O–H groups in total. The normalized spacial score (nSPS) is 12.9. The highest BCUT2D eigenvalue weighted by atomic mass is 16.5. The number of aryl methyl sites for hydroxylation is 1. The average Bonchev–Trinajstić information content (AvgIpc) is 3.25. The zero-order valence-corrected chi connectivity index (χ0v) is 33.0. The van der Waals surface area contributed by atoms with Crippen LogP contribution in [-0.2, 0) is 0 Å². The quantitative estimate of drug-likeness (QED) is 0.0365. The molecule has 0 amide bonds. The summed E-state index contributed by atoms with van der Waals surface area (Å²) in [7, 11) is 0. The first-order valence-corrected chi connectivity index (χ1v) is 19.1. The minimum atomic E-state index is -0.435. The number of rotatable bonds is 12. The molecule has 0 aliphatic carbocycles. The van der Waals surface area contributed by atoms with Crippen LogP contribution in [0, 0.1) is 6.92 Å². The first-order valence-electron chi connectivity index (χ1n) is 19.1. The molecule has 0 radical (unpaired) electrons. The van der Waals surface area contributed by atoms with Crippen LogP contribution in [0.15, 0.2) is 163 Å². The predicted molar refractivity (Wildman–Crippen MR) is 231 cm³/mol. The van der Waals surface area contributed by atoms with Crippen LogP contribution in [0.4, 0.5) is 11.5 Å². The zero-order chi connectivity index (χ0) is 41.0. The number of anilines is 1. The summed E-state index contributed by atoms with van der Waals surface area (Å²) >= 11 is 0. The number of phenols is 3. The fourth-order valence-electron chi connectivity index (χ4n) is 6.51. The molecule has 10 heteroatoms. The molecule has 0 aliphatic rings. The van der Waals surface area contributed by atoms with Gasteiger partial charge in [-0.2, -0.15) is 5.48 Å². The van der Waals surface area contributed by atoms with E-state index in [-0.39, 0.29) is 23.3 Å². The van der Waals surface area contributed by atoms with E-state index in [0.29, 0.717) is 33.4 Å². The van der Waals surface area contributed by atoms with Gasteiger partial charge in [0, 0.05) is 63.9 Å². The van der Waals surface area contributed by atoms with Crippen LogP contribution in [0.5, 0.6) is 17.2 Å². The highest BCUT2D eigenvalue weighted by molar-refractivity contribution is 5.86. The summed E-state index contributed by atoms with van der Waals surface area (Å²) in [5, 5.41) is 50.3. The second kappa shape index (κ2) is 19.2. The van der Waals surface area contributed by atoms with Crippen molar-refractivity contribution < 1.29 is 26.0 Å². The molecule has 0 spiro atoms. The number of phenolic OH excluding ortho intramolecular Hbond substituents is 3. The molecule has 0 saturated carbocycles. The first kappa shape index (κ1) is 40.6. The number of aromatic hydroxyl groups is 3. The Morgan fingerprint density at radius 2 is 1.24 bits per heavy atom. The van der Waals surface area contributed by atoms with Gasteiger partial charge >= 0.3 is 0 Å². The summed E-state index contributed by atoms with van der Waals surface area (Å²) < 4.78 is 0. The van der Waals surface area contributed by atoms with Crippen LogP contribution >= 0.6 is 0 Å². The van der Waals surface area contributed by atoms with Crippen molar-refractivity contribution in [1.82, 2.24) is 20.3 Å². The molecule has 4 aromatic carbocycles. The maximum atomic E-state index is 11.0. The summed E-state index contributed by atoms with van der Waals surface area (Å²) in [6.45, 7) is 8.18. The number of quaternary nitrogens is 1. The van der Waals surface area contributed by atoms with E-state index in [0.717, 1.165) is 45.3 Å². The lowest BCUT2D eigenvalue weighted by Gasteiger charge is -2.23. The van der Waals surface area contributed by atoms with Crippen LogP contribution in [0.1, 0.15) is 67.1 Å². The summed E-state index contributed by atoms with van der Waals surface area (Å²) in [6, 6.07) is 32.9. The third-order valence-electron chi connectivity index (χ3n) is 9.91. The number of nitrogens with one attached hydrogen (secondary N) is 2. The molecule has 3 aromatic heterocycles. The van der Waals surface area contributed by atoms with Gasteiger partial charge in [0.1, 0.15) is 34.1 Å². The maximum absolute atomic E-state index is 11.0. The van der Waals surface area contributed by atoms with Crippen LogP contribution in [0.2, 0.25) is 0 Å². The Labute approximate surface area is 338 Å². The lowest BCUT2D eigenvalue weighted by molar-refractivity contribution is -0.825.